The number of hydrogen-bond acceptors (Lipinski definition) is 4. The van der Waals surface area contributed by atoms with Gasteiger partial charge in [-0.2, -0.15) is 0 Å². The fourth-order valence-electron chi connectivity index (χ4n) is 14.0. The van der Waals surface area contributed by atoms with Crippen molar-refractivity contribution in [2.24, 2.45) is 0 Å². The quantitative estimate of drug-likeness (QED) is 0.0598. The Labute approximate surface area is 632 Å². The van der Waals surface area contributed by atoms with Gasteiger partial charge in [-0.05, 0) is 230 Å². The summed E-state index contributed by atoms with van der Waals surface area (Å²) in [6, 6.07) is 99.4. The zero-order valence-electron chi connectivity index (χ0n) is 67.2. The van der Waals surface area contributed by atoms with Crippen molar-refractivity contribution in [3.63, 3.8) is 0 Å². The van der Waals surface area contributed by atoms with E-state index in [0.29, 0.717) is 12.8 Å². The Hall–Kier alpha value is -9.64. The summed E-state index contributed by atoms with van der Waals surface area (Å²) in [6.45, 7) is 43.7. The molecule has 546 valence electrons. The van der Waals surface area contributed by atoms with Crippen LogP contribution < -0.4 is 0 Å². The highest BCUT2D eigenvalue weighted by molar-refractivity contribution is 5.70. The van der Waals surface area contributed by atoms with Crippen LogP contribution in [0.4, 0.5) is 0 Å². The molecule has 11 aromatic carbocycles. The Kier molecular flexibility index (Phi) is 27.3. The summed E-state index contributed by atoms with van der Waals surface area (Å²) in [5.74, 6) is -0.273. The van der Waals surface area contributed by atoms with Crippen molar-refractivity contribution >= 4 is 11.9 Å². The molecular formula is C101H118O4. The van der Waals surface area contributed by atoms with Crippen LogP contribution in [-0.4, -0.2) is 23.1 Å². The molecule has 0 bridgehead atoms. The standard InChI is InChI=1S/C54H54.C33H36.2C7H14O2/c1-37-10-22-43(23-11-37)52(7,44-24-12-38(2)13-25-44)49-34-50(53(8,45-26-14-39(3)15-27-45)46-28-16-40(4)17-29-46)36-51(35-49)54(9,47-30-18-41(5)19-31-47)48-32-20-42(6)21-33-48;1-25-5-13-29(14-6-25)21-23-33(31-17-9-27(3)10-18-31,32-19-11-28(4)12-20-32)24-22-30-15-7-26(2)8-16-30;2*1-5-6(8)9-7(2,3)4/h10-36H,1-9H3;5-20H,21-24H2,1-4H3;2*5H2,1-4H3. The Morgan fingerprint density at radius 3 is 0.552 bits per heavy atom. The number of hydrogen-bond donors (Lipinski definition) is 0. The second-order valence-corrected chi connectivity index (χ2v) is 32.0. The first-order valence-corrected chi connectivity index (χ1v) is 38.0. The summed E-state index contributed by atoms with van der Waals surface area (Å²) in [4.78, 5) is 21.2. The molecule has 11 rings (SSSR count). The lowest BCUT2D eigenvalue weighted by Crippen LogP contribution is -2.32. The van der Waals surface area contributed by atoms with E-state index in [2.05, 4.69) is 351 Å². The van der Waals surface area contributed by atoms with Crippen molar-refractivity contribution in [1.82, 2.24) is 0 Å². The van der Waals surface area contributed by atoms with Crippen LogP contribution in [0, 0.1) is 69.2 Å². The molecule has 0 aliphatic rings. The number of benzene rings is 11. The van der Waals surface area contributed by atoms with Gasteiger partial charge < -0.3 is 9.47 Å². The van der Waals surface area contributed by atoms with Crippen LogP contribution in [0.15, 0.2) is 261 Å². The summed E-state index contributed by atoms with van der Waals surface area (Å²) in [7, 11) is 0. The fraction of sp³-hybridized carbons (Fsp3) is 0.327. The normalized spacial score (nSPS) is 11.8. The van der Waals surface area contributed by atoms with Gasteiger partial charge in [-0.3, -0.25) is 9.59 Å². The van der Waals surface area contributed by atoms with Gasteiger partial charge in [0.25, 0.3) is 0 Å². The molecule has 4 nitrogen and oxygen atoms in total. The van der Waals surface area contributed by atoms with E-state index in [4.69, 9.17) is 9.47 Å². The topological polar surface area (TPSA) is 52.6 Å². The maximum absolute atomic E-state index is 10.6. The molecule has 0 N–H and O–H groups in total. The molecule has 0 unspecified atom stereocenters. The summed E-state index contributed by atoms with van der Waals surface area (Å²) in [5, 5.41) is 0. The number of esters is 2. The average Bonchev–Trinajstić information content (AvgIpc) is 0.723. The molecule has 0 atom stereocenters. The molecule has 0 aliphatic heterocycles. The molecule has 11 aromatic rings. The van der Waals surface area contributed by atoms with Gasteiger partial charge in [0.05, 0.1) is 0 Å². The number of carbonyl (C=O) groups excluding carboxylic acids is 2. The molecule has 0 aliphatic carbocycles. The van der Waals surface area contributed by atoms with Crippen LogP contribution in [0.5, 0.6) is 0 Å². The molecule has 0 saturated heterocycles. The minimum atomic E-state index is -0.449. The highest BCUT2D eigenvalue weighted by Gasteiger charge is 2.41. The second kappa shape index (κ2) is 35.4. The van der Waals surface area contributed by atoms with E-state index in [-0.39, 0.29) is 28.6 Å². The van der Waals surface area contributed by atoms with Crippen molar-refractivity contribution in [3.05, 3.63) is 389 Å². The van der Waals surface area contributed by atoms with Crippen LogP contribution in [0.1, 0.15) is 230 Å². The van der Waals surface area contributed by atoms with Crippen LogP contribution in [0.25, 0.3) is 0 Å². The Bertz CT molecular complexity index is 3990. The summed E-state index contributed by atoms with van der Waals surface area (Å²) in [6.07, 6.45) is 5.22. The summed E-state index contributed by atoms with van der Waals surface area (Å²) < 4.78 is 9.90. The fourth-order valence-corrected chi connectivity index (χ4v) is 14.0. The van der Waals surface area contributed by atoms with Crippen molar-refractivity contribution in [2.45, 2.75) is 217 Å². The largest absolute Gasteiger partial charge is 0.460 e. The number of rotatable bonds is 19. The first-order chi connectivity index (χ1) is 49.7. The maximum atomic E-state index is 10.6. The van der Waals surface area contributed by atoms with E-state index in [1.165, 1.54) is 128 Å². The van der Waals surface area contributed by atoms with Gasteiger partial charge in [0.15, 0.2) is 0 Å². The molecule has 0 fully saturated rings. The summed E-state index contributed by atoms with van der Waals surface area (Å²) in [5.41, 5.74) is 28.0. The van der Waals surface area contributed by atoms with Crippen molar-refractivity contribution in [3.8, 4) is 0 Å². The predicted octanol–water partition coefficient (Wildman–Crippen LogP) is 25.5. The van der Waals surface area contributed by atoms with Gasteiger partial charge in [0.1, 0.15) is 11.2 Å². The van der Waals surface area contributed by atoms with E-state index in [1.807, 2.05) is 41.5 Å². The minimum Gasteiger partial charge on any atom is -0.460 e. The SMILES string of the molecule is CCC(=O)OC(C)(C)C.CCC(=O)OC(C)(C)C.Cc1ccc(C(C)(c2ccc(C)cc2)c2cc(C(C)(c3ccc(C)cc3)c3ccc(C)cc3)cc(C(C)(c3ccc(C)cc3)c3ccc(C)cc3)c2)cc1.Cc1ccc(CCC(CCc2ccc(C)cc2)(c2ccc(C)cc2)c2ccc(C)cc2)cc1. The number of carbonyl (C=O) groups is 2. The van der Waals surface area contributed by atoms with Gasteiger partial charge in [0, 0.05) is 34.5 Å². The summed E-state index contributed by atoms with van der Waals surface area (Å²) >= 11 is 0. The molecule has 0 heterocycles. The lowest BCUT2D eigenvalue weighted by atomic mass is 9.63. The Morgan fingerprint density at radius 2 is 0.400 bits per heavy atom. The maximum Gasteiger partial charge on any atom is 0.306 e. The zero-order valence-corrected chi connectivity index (χ0v) is 67.2. The lowest BCUT2D eigenvalue weighted by Gasteiger charge is -2.39. The van der Waals surface area contributed by atoms with E-state index in [1.54, 1.807) is 13.8 Å². The highest BCUT2D eigenvalue weighted by Crippen LogP contribution is 2.49. The Morgan fingerprint density at radius 1 is 0.238 bits per heavy atom. The highest BCUT2D eigenvalue weighted by atomic mass is 16.6. The number of ether oxygens (including phenoxy) is 2. The third kappa shape index (κ3) is 21.3. The monoisotopic (exact) mass is 1390 g/mol. The van der Waals surface area contributed by atoms with Crippen LogP contribution in [0.3, 0.4) is 0 Å². The first kappa shape index (κ1) is 81.0. The van der Waals surface area contributed by atoms with Crippen LogP contribution in [-0.2, 0) is 53.6 Å². The van der Waals surface area contributed by atoms with Crippen LogP contribution in [0.2, 0.25) is 0 Å². The average molecular weight is 1400 g/mol. The second-order valence-electron chi connectivity index (χ2n) is 32.0. The molecule has 0 amide bonds. The molecule has 0 saturated carbocycles. The van der Waals surface area contributed by atoms with E-state index < -0.39 is 16.2 Å². The smallest absolute Gasteiger partial charge is 0.306 e. The Balaban J connectivity index is 0.000000229. The predicted molar refractivity (Wildman–Crippen MR) is 445 cm³/mol. The molecule has 0 radical (unpaired) electrons. The number of aryl methyl sites for hydroxylation is 12. The third-order valence-electron chi connectivity index (χ3n) is 21.0. The molecule has 0 spiro atoms. The van der Waals surface area contributed by atoms with E-state index in [9.17, 15) is 9.59 Å². The van der Waals surface area contributed by atoms with Gasteiger partial charge in [-0.1, -0.05) is 330 Å². The van der Waals surface area contributed by atoms with Gasteiger partial charge in [-0.15, -0.1) is 0 Å². The lowest BCUT2D eigenvalue weighted by molar-refractivity contribution is -0.155. The minimum absolute atomic E-state index is 0.0306. The van der Waals surface area contributed by atoms with Crippen molar-refractivity contribution < 1.29 is 19.1 Å². The van der Waals surface area contributed by atoms with E-state index >= 15 is 0 Å². The first-order valence-electron chi connectivity index (χ1n) is 38.0. The van der Waals surface area contributed by atoms with Crippen LogP contribution >= 0.6 is 0 Å². The van der Waals surface area contributed by atoms with Gasteiger partial charge >= 0.3 is 11.9 Å². The third-order valence-corrected chi connectivity index (χ3v) is 21.0. The molecular weight excluding hydrogens is 1280 g/mol. The zero-order chi connectivity index (χ0) is 76.5. The van der Waals surface area contributed by atoms with Gasteiger partial charge in [0.2, 0.25) is 0 Å². The van der Waals surface area contributed by atoms with Crippen molar-refractivity contribution in [1.29, 1.82) is 0 Å². The van der Waals surface area contributed by atoms with Gasteiger partial charge in [-0.25, -0.2) is 0 Å². The van der Waals surface area contributed by atoms with Crippen molar-refractivity contribution in [2.75, 3.05) is 0 Å². The molecule has 105 heavy (non-hydrogen) atoms. The molecule has 0 aromatic heterocycles. The molecule has 4 heteroatoms. The van der Waals surface area contributed by atoms with E-state index in [0.717, 1.165) is 25.7 Å².